The fraction of sp³-hybridized carbons (Fsp3) is 0.500. The Hall–Kier alpha value is -1.47. The van der Waals surface area contributed by atoms with Crippen LogP contribution in [0.5, 0.6) is 0 Å². The van der Waals surface area contributed by atoms with Crippen molar-refractivity contribution in [2.24, 2.45) is 5.73 Å². The van der Waals surface area contributed by atoms with E-state index in [0.29, 0.717) is 0 Å². The van der Waals surface area contributed by atoms with Crippen molar-refractivity contribution < 1.29 is 15.0 Å². The quantitative estimate of drug-likeness (QED) is 0.519. The van der Waals surface area contributed by atoms with Gasteiger partial charge in [0.1, 0.15) is 11.7 Å². The van der Waals surface area contributed by atoms with Crippen LogP contribution in [0.1, 0.15) is 11.7 Å². The largest absolute Gasteiger partial charge is 0.480 e. The van der Waals surface area contributed by atoms with Crippen molar-refractivity contribution in [1.29, 1.82) is 0 Å². The van der Waals surface area contributed by atoms with Gasteiger partial charge in [-0.05, 0) is 0 Å². The van der Waals surface area contributed by atoms with E-state index in [1.54, 1.807) is 0 Å². The van der Waals surface area contributed by atoms with Gasteiger partial charge in [0.05, 0.1) is 19.3 Å². The first-order valence-corrected chi connectivity index (χ1v) is 3.64. The van der Waals surface area contributed by atoms with Gasteiger partial charge in [-0.2, -0.15) is 0 Å². The molecular weight excluding hydrogens is 176 g/mol. The Morgan fingerprint density at radius 3 is 3.00 bits per heavy atom. The summed E-state index contributed by atoms with van der Waals surface area (Å²) in [7, 11) is 0. The molecule has 1 unspecified atom stereocenters. The van der Waals surface area contributed by atoms with Gasteiger partial charge in [-0.25, -0.2) is 4.68 Å². The standard InChI is InChI=1S/C6H10N4O3/c7-5(6(12)13)4-3-10(1-2-11)9-8-4/h3,5,11H,1-2,7H2,(H,12,13). The molecule has 1 aromatic heterocycles. The van der Waals surface area contributed by atoms with Crippen LogP contribution in [0.3, 0.4) is 0 Å². The van der Waals surface area contributed by atoms with Gasteiger partial charge in [0.2, 0.25) is 0 Å². The summed E-state index contributed by atoms with van der Waals surface area (Å²) >= 11 is 0. The van der Waals surface area contributed by atoms with Crippen molar-refractivity contribution in [3.05, 3.63) is 11.9 Å². The van der Waals surface area contributed by atoms with Gasteiger partial charge in [0, 0.05) is 0 Å². The van der Waals surface area contributed by atoms with Crippen molar-refractivity contribution in [2.45, 2.75) is 12.6 Å². The number of carboxylic acids is 1. The van der Waals surface area contributed by atoms with E-state index in [1.807, 2.05) is 0 Å². The number of nitrogens with two attached hydrogens (primary N) is 1. The molecule has 4 N–H and O–H groups in total. The first-order valence-electron chi connectivity index (χ1n) is 3.64. The lowest BCUT2D eigenvalue weighted by Crippen LogP contribution is -2.20. The number of hydrogen-bond acceptors (Lipinski definition) is 5. The maximum absolute atomic E-state index is 10.4. The van der Waals surface area contributed by atoms with Crippen molar-refractivity contribution in [2.75, 3.05) is 6.61 Å². The summed E-state index contributed by atoms with van der Waals surface area (Å²) in [5.41, 5.74) is 5.45. The van der Waals surface area contributed by atoms with E-state index < -0.39 is 12.0 Å². The molecular formula is C6H10N4O3. The maximum Gasteiger partial charge on any atom is 0.326 e. The minimum absolute atomic E-state index is 0.0783. The zero-order chi connectivity index (χ0) is 9.84. The molecule has 1 rings (SSSR count). The third-order valence-corrected chi connectivity index (χ3v) is 1.47. The highest BCUT2D eigenvalue weighted by molar-refractivity contribution is 5.74. The Morgan fingerprint density at radius 2 is 2.46 bits per heavy atom. The number of nitrogens with zero attached hydrogens (tertiary/aromatic N) is 3. The molecule has 0 spiro atoms. The third kappa shape index (κ3) is 2.23. The second kappa shape index (κ2) is 3.97. The van der Waals surface area contributed by atoms with Crippen LogP contribution in [-0.2, 0) is 11.3 Å². The molecule has 1 aromatic rings. The molecule has 7 heteroatoms. The second-order valence-corrected chi connectivity index (χ2v) is 2.45. The molecule has 0 amide bonds. The molecule has 0 bridgehead atoms. The summed E-state index contributed by atoms with van der Waals surface area (Å²) in [5, 5.41) is 24.2. The Kier molecular flexibility index (Phi) is 2.93. The predicted molar refractivity (Wildman–Crippen MR) is 41.7 cm³/mol. The van der Waals surface area contributed by atoms with Gasteiger partial charge >= 0.3 is 5.97 Å². The molecule has 0 aliphatic rings. The Morgan fingerprint density at radius 1 is 1.77 bits per heavy atom. The Bertz CT molecular complexity index is 298. The van der Waals surface area contributed by atoms with E-state index in [4.69, 9.17) is 15.9 Å². The molecule has 72 valence electrons. The number of hydrogen-bond donors (Lipinski definition) is 3. The highest BCUT2D eigenvalue weighted by atomic mass is 16.4. The van der Waals surface area contributed by atoms with Crippen LogP contribution in [0.25, 0.3) is 0 Å². The first kappa shape index (κ1) is 9.62. The lowest BCUT2D eigenvalue weighted by atomic mass is 10.2. The number of aliphatic hydroxyl groups excluding tert-OH is 1. The summed E-state index contributed by atoms with van der Waals surface area (Å²) < 4.78 is 1.33. The van der Waals surface area contributed by atoms with E-state index in [1.165, 1.54) is 10.9 Å². The molecule has 0 aromatic carbocycles. The number of aromatic nitrogens is 3. The molecule has 0 fully saturated rings. The zero-order valence-corrected chi connectivity index (χ0v) is 6.79. The van der Waals surface area contributed by atoms with Crippen molar-refractivity contribution >= 4 is 5.97 Å². The van der Waals surface area contributed by atoms with Crippen LogP contribution in [-0.4, -0.2) is 37.8 Å². The maximum atomic E-state index is 10.4. The normalized spacial score (nSPS) is 12.8. The van der Waals surface area contributed by atoms with Crippen LogP contribution < -0.4 is 5.73 Å². The predicted octanol–water partition coefficient (Wildman–Crippen LogP) is -1.65. The second-order valence-electron chi connectivity index (χ2n) is 2.45. The molecule has 0 saturated carbocycles. The van der Waals surface area contributed by atoms with Crippen molar-refractivity contribution in [3.8, 4) is 0 Å². The van der Waals surface area contributed by atoms with Gasteiger partial charge < -0.3 is 15.9 Å². The monoisotopic (exact) mass is 186 g/mol. The zero-order valence-electron chi connectivity index (χ0n) is 6.79. The third-order valence-electron chi connectivity index (χ3n) is 1.47. The van der Waals surface area contributed by atoms with E-state index in [9.17, 15) is 4.79 Å². The van der Waals surface area contributed by atoms with E-state index in [2.05, 4.69) is 10.3 Å². The average molecular weight is 186 g/mol. The molecule has 7 nitrogen and oxygen atoms in total. The van der Waals surface area contributed by atoms with Gasteiger partial charge in [-0.15, -0.1) is 5.10 Å². The number of aliphatic carboxylic acids is 1. The SMILES string of the molecule is NC(C(=O)O)c1cn(CCO)nn1. The highest BCUT2D eigenvalue weighted by Gasteiger charge is 2.17. The van der Waals surface area contributed by atoms with Crippen molar-refractivity contribution in [3.63, 3.8) is 0 Å². The topological polar surface area (TPSA) is 114 Å². The van der Waals surface area contributed by atoms with Gasteiger partial charge in [-0.3, -0.25) is 4.79 Å². The fourth-order valence-corrected chi connectivity index (χ4v) is 0.794. The van der Waals surface area contributed by atoms with E-state index >= 15 is 0 Å². The van der Waals surface area contributed by atoms with Crippen molar-refractivity contribution in [1.82, 2.24) is 15.0 Å². The van der Waals surface area contributed by atoms with Crippen LogP contribution in [0.15, 0.2) is 6.20 Å². The number of carboxylic acid groups (broad SMARTS) is 1. The minimum Gasteiger partial charge on any atom is -0.480 e. The molecule has 0 aliphatic heterocycles. The fourth-order valence-electron chi connectivity index (χ4n) is 0.794. The van der Waals surface area contributed by atoms with Gasteiger partial charge in [-0.1, -0.05) is 5.21 Å². The van der Waals surface area contributed by atoms with Gasteiger partial charge in [0.15, 0.2) is 0 Å². The lowest BCUT2D eigenvalue weighted by molar-refractivity contribution is -0.138. The highest BCUT2D eigenvalue weighted by Crippen LogP contribution is 2.04. The summed E-state index contributed by atoms with van der Waals surface area (Å²) in [6.45, 7) is 0.199. The summed E-state index contributed by atoms with van der Waals surface area (Å²) in [5.74, 6) is -1.16. The van der Waals surface area contributed by atoms with Crippen LogP contribution in [0, 0.1) is 0 Å². The summed E-state index contributed by atoms with van der Waals surface area (Å²) in [4.78, 5) is 10.4. The van der Waals surface area contributed by atoms with Gasteiger partial charge in [0.25, 0.3) is 0 Å². The number of aliphatic hydroxyl groups is 1. The molecule has 1 heterocycles. The lowest BCUT2D eigenvalue weighted by Gasteiger charge is -1.98. The number of rotatable bonds is 4. The number of carbonyl (C=O) groups is 1. The van der Waals surface area contributed by atoms with E-state index in [0.717, 1.165) is 0 Å². The minimum atomic E-state index is -1.16. The first-order chi connectivity index (χ1) is 6.15. The molecule has 1 atom stereocenters. The molecule has 13 heavy (non-hydrogen) atoms. The average Bonchev–Trinajstić information content (AvgIpc) is 2.52. The Balaban J connectivity index is 2.73. The van der Waals surface area contributed by atoms with E-state index in [-0.39, 0.29) is 18.8 Å². The summed E-state index contributed by atoms with van der Waals surface area (Å²) in [6, 6.07) is -1.16. The summed E-state index contributed by atoms with van der Waals surface area (Å²) in [6.07, 6.45) is 1.40. The van der Waals surface area contributed by atoms with Crippen LogP contribution >= 0.6 is 0 Å². The van der Waals surface area contributed by atoms with Crippen LogP contribution in [0.2, 0.25) is 0 Å². The molecule has 0 saturated heterocycles. The molecule has 0 radical (unpaired) electrons. The smallest absolute Gasteiger partial charge is 0.326 e. The van der Waals surface area contributed by atoms with Crippen LogP contribution in [0.4, 0.5) is 0 Å². The Labute approximate surface area is 73.8 Å². The molecule has 0 aliphatic carbocycles.